The highest BCUT2D eigenvalue weighted by Gasteiger charge is 2.37. The summed E-state index contributed by atoms with van der Waals surface area (Å²) in [6.45, 7) is 0.783. The van der Waals surface area contributed by atoms with Crippen LogP contribution in [-0.2, 0) is 35.5 Å². The van der Waals surface area contributed by atoms with Gasteiger partial charge in [-0.05, 0) is 85.8 Å². The minimum Gasteiger partial charge on any atom is -0.459 e. The molecule has 2 aromatic carbocycles. The van der Waals surface area contributed by atoms with E-state index < -0.39 is 11.6 Å². The first-order chi connectivity index (χ1) is 22.7. The Balaban J connectivity index is 0.885. The molecule has 2 N–H and O–H groups in total. The lowest BCUT2D eigenvalue weighted by molar-refractivity contribution is -0.144. The van der Waals surface area contributed by atoms with E-state index in [0.717, 1.165) is 54.5 Å². The van der Waals surface area contributed by atoms with Crippen LogP contribution in [0.25, 0.3) is 21.9 Å². The number of aryl methyl sites for hydroxylation is 1. The van der Waals surface area contributed by atoms with Crippen molar-refractivity contribution >= 4 is 50.8 Å². The van der Waals surface area contributed by atoms with Crippen molar-refractivity contribution in [3.05, 3.63) is 86.6 Å². The molecule has 3 unspecified atom stereocenters. The fourth-order valence-corrected chi connectivity index (χ4v) is 7.81. The van der Waals surface area contributed by atoms with Gasteiger partial charge in [-0.2, -0.15) is 0 Å². The first kappa shape index (κ1) is 31.2. The Hall–Kier alpha value is -4.44. The van der Waals surface area contributed by atoms with Gasteiger partial charge in [0.1, 0.15) is 17.9 Å². The zero-order valence-corrected chi connectivity index (χ0v) is 27.5. The summed E-state index contributed by atoms with van der Waals surface area (Å²) in [6, 6.07) is 12.7. The van der Waals surface area contributed by atoms with Crippen LogP contribution in [0.5, 0.6) is 0 Å². The fraction of sp³-hybridized carbons (Fsp3) is 0.417. The molecule has 0 aliphatic heterocycles. The molecule has 0 spiro atoms. The van der Waals surface area contributed by atoms with Crippen LogP contribution in [0.2, 0.25) is 5.02 Å². The SMILES string of the molecule is CN(C)c1ccc2c(CC(=O)OCc3cn(CCCCC4CC5Cc6nc7cc(Cl)ccc7c(N)c6C(C4)C5)nn3)cc(=O)oc2c1. The highest BCUT2D eigenvalue weighted by molar-refractivity contribution is 6.31. The molecule has 10 nitrogen and oxygen atoms in total. The third-order valence-electron chi connectivity index (χ3n) is 9.78. The molecule has 0 saturated heterocycles. The van der Waals surface area contributed by atoms with Gasteiger partial charge in [-0.3, -0.25) is 14.5 Å². The van der Waals surface area contributed by atoms with Crippen LogP contribution in [0.1, 0.15) is 67.0 Å². The molecule has 11 heteroatoms. The molecule has 3 atom stereocenters. The van der Waals surface area contributed by atoms with Gasteiger partial charge in [0.05, 0.1) is 18.1 Å². The van der Waals surface area contributed by atoms with Crippen molar-refractivity contribution in [1.29, 1.82) is 0 Å². The van der Waals surface area contributed by atoms with Gasteiger partial charge in [-0.25, -0.2) is 4.79 Å². The molecule has 47 heavy (non-hydrogen) atoms. The number of hydrogen-bond donors (Lipinski definition) is 1. The van der Waals surface area contributed by atoms with Crippen LogP contribution in [0.15, 0.2) is 57.9 Å². The van der Waals surface area contributed by atoms with E-state index in [1.165, 1.54) is 36.6 Å². The van der Waals surface area contributed by atoms with Gasteiger partial charge in [0.2, 0.25) is 0 Å². The summed E-state index contributed by atoms with van der Waals surface area (Å²) in [4.78, 5) is 31.7. The number of aromatic nitrogens is 4. The summed E-state index contributed by atoms with van der Waals surface area (Å²) in [5.74, 6) is 1.37. The van der Waals surface area contributed by atoms with Gasteiger partial charge in [-0.15, -0.1) is 5.10 Å². The monoisotopic (exact) mass is 654 g/mol. The average Bonchev–Trinajstić information content (AvgIpc) is 3.49. The van der Waals surface area contributed by atoms with Gasteiger partial charge in [0, 0.05) is 71.2 Å². The number of ether oxygens (including phenoxy) is 1. The van der Waals surface area contributed by atoms with E-state index in [1.54, 1.807) is 6.07 Å². The molecule has 3 aromatic heterocycles. The topological polar surface area (TPSA) is 129 Å². The molecule has 0 radical (unpaired) electrons. The van der Waals surface area contributed by atoms with Crippen molar-refractivity contribution in [1.82, 2.24) is 20.0 Å². The Morgan fingerprint density at radius 3 is 2.81 bits per heavy atom. The molecule has 3 heterocycles. The first-order valence-corrected chi connectivity index (χ1v) is 16.7. The van der Waals surface area contributed by atoms with Gasteiger partial charge in [-0.1, -0.05) is 29.7 Å². The Labute approximate surface area is 277 Å². The Kier molecular flexibility index (Phi) is 8.61. The summed E-state index contributed by atoms with van der Waals surface area (Å²) >= 11 is 6.23. The van der Waals surface area contributed by atoms with E-state index in [0.29, 0.717) is 45.0 Å². The maximum Gasteiger partial charge on any atom is 0.336 e. The Morgan fingerprint density at radius 1 is 1.11 bits per heavy atom. The number of pyridine rings is 1. The van der Waals surface area contributed by atoms with Crippen LogP contribution in [0.4, 0.5) is 11.4 Å². The van der Waals surface area contributed by atoms with E-state index in [9.17, 15) is 9.59 Å². The molecule has 1 fully saturated rings. The number of anilines is 2. The number of nitrogens with zero attached hydrogens (tertiary/aromatic N) is 5. The van der Waals surface area contributed by atoms with Crippen LogP contribution < -0.4 is 16.3 Å². The predicted molar refractivity (Wildman–Crippen MR) is 183 cm³/mol. The number of nitrogens with two attached hydrogens (primary N) is 1. The molecule has 1 saturated carbocycles. The minimum atomic E-state index is -0.502. The zero-order chi connectivity index (χ0) is 32.7. The molecular formula is C36H39ClN6O4. The van der Waals surface area contributed by atoms with Crippen molar-refractivity contribution in [2.75, 3.05) is 24.7 Å². The van der Waals surface area contributed by atoms with E-state index in [2.05, 4.69) is 10.3 Å². The van der Waals surface area contributed by atoms with Crippen LogP contribution >= 0.6 is 11.6 Å². The molecule has 244 valence electrons. The van der Waals surface area contributed by atoms with Crippen LogP contribution in [-0.4, -0.2) is 40.0 Å². The van der Waals surface area contributed by atoms with Crippen LogP contribution in [0.3, 0.4) is 0 Å². The summed E-state index contributed by atoms with van der Waals surface area (Å²) in [7, 11) is 3.82. The Bertz CT molecular complexity index is 2020. The molecule has 2 aliphatic rings. The number of carbonyl (C=O) groups is 1. The highest BCUT2D eigenvalue weighted by Crippen LogP contribution is 2.50. The molecule has 5 aromatic rings. The third-order valence-corrected chi connectivity index (χ3v) is 10.0. The summed E-state index contributed by atoms with van der Waals surface area (Å²) in [5.41, 5.74) is 13.0. The lowest BCUT2D eigenvalue weighted by atomic mass is 9.65. The second-order valence-electron chi connectivity index (χ2n) is 13.4. The summed E-state index contributed by atoms with van der Waals surface area (Å²) < 4.78 is 12.7. The molecule has 7 rings (SSSR count). The summed E-state index contributed by atoms with van der Waals surface area (Å²) in [5, 5.41) is 10.8. The number of carbonyl (C=O) groups excluding carboxylic acids is 1. The quantitative estimate of drug-likeness (QED) is 0.103. The highest BCUT2D eigenvalue weighted by atomic mass is 35.5. The maximum atomic E-state index is 12.7. The second-order valence-corrected chi connectivity index (χ2v) is 13.8. The minimum absolute atomic E-state index is 0.0234. The van der Waals surface area contributed by atoms with Crippen molar-refractivity contribution in [3.63, 3.8) is 0 Å². The number of fused-ring (bicyclic) bond motifs is 6. The van der Waals surface area contributed by atoms with Gasteiger partial charge in [0.15, 0.2) is 0 Å². The van der Waals surface area contributed by atoms with E-state index >= 15 is 0 Å². The lowest BCUT2D eigenvalue weighted by Gasteiger charge is -2.40. The number of benzene rings is 2. The van der Waals surface area contributed by atoms with Crippen molar-refractivity contribution in [2.24, 2.45) is 11.8 Å². The van der Waals surface area contributed by atoms with Gasteiger partial charge < -0.3 is 19.8 Å². The second kappa shape index (κ2) is 13.0. The lowest BCUT2D eigenvalue weighted by Crippen LogP contribution is -2.30. The molecular weight excluding hydrogens is 616 g/mol. The van der Waals surface area contributed by atoms with Crippen molar-refractivity contribution in [2.45, 2.75) is 70.4 Å². The van der Waals surface area contributed by atoms with Crippen molar-refractivity contribution in [3.8, 4) is 0 Å². The number of halogens is 1. The van der Waals surface area contributed by atoms with Crippen molar-refractivity contribution < 1.29 is 13.9 Å². The standard InChI is InChI=1S/C36H39ClN6O4/c1-42(2)27-7-9-28-23(16-34(45)47-32(28)18-27)15-33(44)46-20-26-19-43(41-40-26)10-4-3-5-21-11-22-13-24(12-21)35-31(14-22)39-30-17-25(37)6-8-29(30)36(35)38/h6-9,16-19,21-22,24H,3-5,10-15,20H2,1-2H3,(H2,38,39). The number of esters is 1. The van der Waals surface area contributed by atoms with Crippen LogP contribution in [0, 0.1) is 11.8 Å². The number of rotatable bonds is 10. The smallest absolute Gasteiger partial charge is 0.336 e. The van der Waals surface area contributed by atoms with E-state index in [-0.39, 0.29) is 13.0 Å². The molecule has 2 bridgehead atoms. The average molecular weight is 655 g/mol. The molecule has 0 amide bonds. The van der Waals surface area contributed by atoms with Gasteiger partial charge >= 0.3 is 11.6 Å². The zero-order valence-electron chi connectivity index (χ0n) is 26.7. The number of nitrogen functional groups attached to an aromatic ring is 1. The molecule has 2 aliphatic carbocycles. The Morgan fingerprint density at radius 2 is 1.96 bits per heavy atom. The number of unbranched alkanes of at least 4 members (excludes halogenated alkanes) is 1. The number of hydrogen-bond acceptors (Lipinski definition) is 9. The van der Waals surface area contributed by atoms with E-state index in [4.69, 9.17) is 31.5 Å². The summed E-state index contributed by atoms with van der Waals surface area (Å²) in [6.07, 6.45) is 9.68. The predicted octanol–water partition coefficient (Wildman–Crippen LogP) is 6.45. The fourth-order valence-electron chi connectivity index (χ4n) is 7.64. The first-order valence-electron chi connectivity index (χ1n) is 16.4. The van der Waals surface area contributed by atoms with E-state index in [1.807, 2.05) is 60.2 Å². The normalized spacial score (nSPS) is 18.7. The maximum absolute atomic E-state index is 12.7. The van der Waals surface area contributed by atoms with Gasteiger partial charge in [0.25, 0.3) is 0 Å². The third kappa shape index (κ3) is 6.70. The largest absolute Gasteiger partial charge is 0.459 e.